The van der Waals surface area contributed by atoms with Gasteiger partial charge in [-0.2, -0.15) is 0 Å². The maximum atomic E-state index is 5.02. The van der Waals surface area contributed by atoms with Crippen LogP contribution in [-0.2, 0) is 5.41 Å². The fourth-order valence-corrected chi connectivity index (χ4v) is 2.55. The minimum absolute atomic E-state index is 0.156. The summed E-state index contributed by atoms with van der Waals surface area (Å²) < 4.78 is 0. The molecule has 0 aliphatic heterocycles. The molecule has 20 heavy (non-hydrogen) atoms. The summed E-state index contributed by atoms with van der Waals surface area (Å²) in [5.74, 6) is 2.85. The van der Waals surface area contributed by atoms with E-state index >= 15 is 0 Å². The quantitative estimate of drug-likeness (QED) is 0.675. The van der Waals surface area contributed by atoms with Gasteiger partial charge in [-0.05, 0) is 24.7 Å². The Morgan fingerprint density at radius 3 is 2.15 bits per heavy atom. The van der Waals surface area contributed by atoms with Gasteiger partial charge in [-0.25, -0.2) is 4.98 Å². The van der Waals surface area contributed by atoms with Crippen molar-refractivity contribution in [2.45, 2.75) is 91.9 Å². The van der Waals surface area contributed by atoms with Crippen molar-refractivity contribution in [1.29, 1.82) is 0 Å². The van der Waals surface area contributed by atoms with Gasteiger partial charge in [0.25, 0.3) is 0 Å². The van der Waals surface area contributed by atoms with E-state index in [1.54, 1.807) is 0 Å². The SMILES string of the molecule is CCCC(C)c1[nH]c(C(C)C(C)C)nc1C(C)(C)CC. The first kappa shape index (κ1) is 17.3. The van der Waals surface area contributed by atoms with Gasteiger partial charge in [0.05, 0.1) is 5.69 Å². The van der Waals surface area contributed by atoms with Crippen LogP contribution in [0.1, 0.15) is 104 Å². The normalized spacial score (nSPS) is 15.7. The third kappa shape index (κ3) is 3.65. The topological polar surface area (TPSA) is 28.7 Å². The number of rotatable bonds is 7. The van der Waals surface area contributed by atoms with Crippen LogP contribution in [-0.4, -0.2) is 9.97 Å². The fraction of sp³-hybridized carbons (Fsp3) is 0.833. The summed E-state index contributed by atoms with van der Waals surface area (Å²) in [7, 11) is 0. The van der Waals surface area contributed by atoms with Gasteiger partial charge in [-0.1, -0.05) is 61.8 Å². The minimum Gasteiger partial charge on any atom is -0.345 e. The Balaban J connectivity index is 3.25. The zero-order valence-corrected chi connectivity index (χ0v) is 14.8. The number of nitrogens with zero attached hydrogens (tertiary/aromatic N) is 1. The van der Waals surface area contributed by atoms with E-state index in [0.29, 0.717) is 17.8 Å². The van der Waals surface area contributed by atoms with Crippen LogP contribution in [0.25, 0.3) is 0 Å². The molecule has 0 bridgehead atoms. The Morgan fingerprint density at radius 1 is 1.10 bits per heavy atom. The zero-order valence-electron chi connectivity index (χ0n) is 14.8. The van der Waals surface area contributed by atoms with E-state index in [4.69, 9.17) is 4.98 Å². The number of imidazole rings is 1. The molecule has 0 aromatic carbocycles. The standard InChI is InChI=1S/C18H34N2/c1-9-11-13(5)15-16(18(7,8)10-2)20-17(19-15)14(6)12(3)4/h12-14H,9-11H2,1-8H3,(H,19,20). The molecule has 1 aromatic heterocycles. The lowest BCUT2D eigenvalue weighted by Crippen LogP contribution is -2.19. The average Bonchev–Trinajstić information content (AvgIpc) is 2.83. The fourth-order valence-electron chi connectivity index (χ4n) is 2.55. The smallest absolute Gasteiger partial charge is 0.109 e. The summed E-state index contributed by atoms with van der Waals surface area (Å²) in [4.78, 5) is 8.70. The first-order chi connectivity index (χ1) is 9.24. The molecule has 0 amide bonds. The lowest BCUT2D eigenvalue weighted by atomic mass is 9.82. The molecule has 1 N–H and O–H groups in total. The maximum absolute atomic E-state index is 5.02. The van der Waals surface area contributed by atoms with E-state index in [2.05, 4.69) is 60.4 Å². The molecule has 2 unspecified atom stereocenters. The molecule has 0 fully saturated rings. The molecular formula is C18H34N2. The van der Waals surface area contributed by atoms with Crippen molar-refractivity contribution in [3.63, 3.8) is 0 Å². The number of hydrogen-bond donors (Lipinski definition) is 1. The van der Waals surface area contributed by atoms with Crippen LogP contribution in [0.4, 0.5) is 0 Å². The molecule has 1 aromatic rings. The van der Waals surface area contributed by atoms with Crippen LogP contribution in [0.5, 0.6) is 0 Å². The van der Waals surface area contributed by atoms with E-state index in [0.717, 1.165) is 6.42 Å². The van der Waals surface area contributed by atoms with Gasteiger partial charge in [0.2, 0.25) is 0 Å². The van der Waals surface area contributed by atoms with Crippen molar-refractivity contribution >= 4 is 0 Å². The number of aromatic amines is 1. The molecular weight excluding hydrogens is 244 g/mol. The summed E-state index contributed by atoms with van der Waals surface area (Å²) in [5, 5.41) is 0. The highest BCUT2D eigenvalue weighted by Crippen LogP contribution is 2.35. The van der Waals surface area contributed by atoms with Crippen molar-refractivity contribution in [3.05, 3.63) is 17.2 Å². The molecule has 0 aliphatic rings. The predicted molar refractivity (Wildman–Crippen MR) is 88.5 cm³/mol. The van der Waals surface area contributed by atoms with E-state index < -0.39 is 0 Å². The summed E-state index contributed by atoms with van der Waals surface area (Å²) in [6, 6.07) is 0. The third-order valence-corrected chi connectivity index (χ3v) is 4.92. The van der Waals surface area contributed by atoms with E-state index in [-0.39, 0.29) is 5.41 Å². The third-order valence-electron chi connectivity index (χ3n) is 4.92. The first-order valence-electron chi connectivity index (χ1n) is 8.34. The lowest BCUT2D eigenvalue weighted by molar-refractivity contribution is 0.475. The number of H-pyrrole nitrogens is 1. The van der Waals surface area contributed by atoms with Crippen LogP contribution in [0.15, 0.2) is 0 Å². The minimum atomic E-state index is 0.156. The van der Waals surface area contributed by atoms with Crippen LogP contribution in [0.2, 0.25) is 0 Å². The Hall–Kier alpha value is -0.790. The van der Waals surface area contributed by atoms with Gasteiger partial charge < -0.3 is 4.98 Å². The molecule has 1 rings (SSSR count). The predicted octanol–water partition coefficient (Wildman–Crippen LogP) is 5.76. The van der Waals surface area contributed by atoms with Crippen LogP contribution in [0.3, 0.4) is 0 Å². The first-order valence-corrected chi connectivity index (χ1v) is 8.34. The van der Waals surface area contributed by atoms with Crippen molar-refractivity contribution in [3.8, 4) is 0 Å². The summed E-state index contributed by atoms with van der Waals surface area (Å²) >= 11 is 0. The highest BCUT2D eigenvalue weighted by molar-refractivity contribution is 5.27. The highest BCUT2D eigenvalue weighted by atomic mass is 15.0. The largest absolute Gasteiger partial charge is 0.345 e. The van der Waals surface area contributed by atoms with Crippen LogP contribution >= 0.6 is 0 Å². The van der Waals surface area contributed by atoms with E-state index in [9.17, 15) is 0 Å². The Kier molecular flexibility index (Phi) is 5.85. The van der Waals surface area contributed by atoms with Gasteiger partial charge in [0.15, 0.2) is 0 Å². The Labute approximate surface area is 125 Å². The molecule has 2 nitrogen and oxygen atoms in total. The number of aromatic nitrogens is 2. The second kappa shape index (κ2) is 6.78. The van der Waals surface area contributed by atoms with Crippen molar-refractivity contribution in [2.75, 3.05) is 0 Å². The van der Waals surface area contributed by atoms with Gasteiger partial charge in [0, 0.05) is 17.0 Å². The monoisotopic (exact) mass is 278 g/mol. The number of hydrogen-bond acceptors (Lipinski definition) is 1. The number of nitrogens with one attached hydrogen (secondary N) is 1. The lowest BCUT2D eigenvalue weighted by Gasteiger charge is -2.23. The molecule has 0 saturated heterocycles. The van der Waals surface area contributed by atoms with Gasteiger partial charge in [-0.15, -0.1) is 0 Å². The van der Waals surface area contributed by atoms with Gasteiger partial charge in [-0.3, -0.25) is 0 Å². The van der Waals surface area contributed by atoms with E-state index in [1.807, 2.05) is 0 Å². The molecule has 0 spiro atoms. The summed E-state index contributed by atoms with van der Waals surface area (Å²) in [6.45, 7) is 18.3. The molecule has 0 saturated carbocycles. The summed E-state index contributed by atoms with van der Waals surface area (Å²) in [6.07, 6.45) is 3.57. The van der Waals surface area contributed by atoms with Crippen LogP contribution in [0, 0.1) is 5.92 Å². The molecule has 2 heteroatoms. The second-order valence-corrected chi connectivity index (χ2v) is 7.34. The maximum Gasteiger partial charge on any atom is 0.109 e. The second-order valence-electron chi connectivity index (χ2n) is 7.34. The average molecular weight is 278 g/mol. The summed E-state index contributed by atoms with van der Waals surface area (Å²) in [5.41, 5.74) is 2.83. The van der Waals surface area contributed by atoms with Crippen molar-refractivity contribution in [1.82, 2.24) is 9.97 Å². The van der Waals surface area contributed by atoms with Crippen LogP contribution < -0.4 is 0 Å². The van der Waals surface area contributed by atoms with Crippen molar-refractivity contribution < 1.29 is 0 Å². The molecule has 1 heterocycles. The van der Waals surface area contributed by atoms with Gasteiger partial charge >= 0.3 is 0 Å². The zero-order chi connectivity index (χ0) is 15.5. The molecule has 116 valence electrons. The van der Waals surface area contributed by atoms with Gasteiger partial charge in [0.1, 0.15) is 5.82 Å². The Bertz CT molecular complexity index is 415. The molecule has 2 atom stereocenters. The van der Waals surface area contributed by atoms with E-state index in [1.165, 1.54) is 30.1 Å². The Morgan fingerprint density at radius 2 is 1.70 bits per heavy atom. The highest BCUT2D eigenvalue weighted by Gasteiger charge is 2.29. The molecule has 0 radical (unpaired) electrons. The van der Waals surface area contributed by atoms with Crippen molar-refractivity contribution in [2.24, 2.45) is 5.92 Å². The molecule has 0 aliphatic carbocycles.